The molecule has 0 radical (unpaired) electrons. The monoisotopic (exact) mass is 264 g/mol. The predicted octanol–water partition coefficient (Wildman–Crippen LogP) is 3.38. The minimum absolute atomic E-state index is 0.0442. The summed E-state index contributed by atoms with van der Waals surface area (Å²) < 4.78 is 26.1. The minimum atomic E-state index is -1.07. The van der Waals surface area contributed by atoms with Gasteiger partial charge in [0.15, 0.2) is 0 Å². The van der Waals surface area contributed by atoms with Gasteiger partial charge in [0.05, 0.1) is 6.07 Å². The number of anilines is 1. The Kier molecular flexibility index (Phi) is 3.79. The van der Waals surface area contributed by atoms with Crippen LogP contribution in [0.4, 0.5) is 14.5 Å². The van der Waals surface area contributed by atoms with Gasteiger partial charge in [-0.05, 0) is 25.0 Å². The van der Waals surface area contributed by atoms with Gasteiger partial charge in [-0.3, -0.25) is 4.79 Å². The third kappa shape index (κ3) is 2.90. The molecular formula is C14H14F2N2O. The molecule has 1 N–H and O–H groups in total. The van der Waals surface area contributed by atoms with E-state index in [-0.39, 0.29) is 5.69 Å². The summed E-state index contributed by atoms with van der Waals surface area (Å²) in [7, 11) is 0. The first-order valence-electron chi connectivity index (χ1n) is 6.24. The summed E-state index contributed by atoms with van der Waals surface area (Å²) in [6, 6.07) is 4.87. The second-order valence-electron chi connectivity index (χ2n) is 4.87. The lowest BCUT2D eigenvalue weighted by Gasteiger charge is -2.29. The molecule has 0 spiro atoms. The number of hydrogen-bond acceptors (Lipinski definition) is 2. The third-order valence-electron chi connectivity index (χ3n) is 3.48. The molecule has 1 amide bonds. The highest BCUT2D eigenvalue weighted by molar-refractivity contribution is 5.97. The molecule has 0 aromatic heterocycles. The Bertz CT molecular complexity index is 510. The lowest BCUT2D eigenvalue weighted by molar-refractivity contribution is -0.124. The molecule has 1 aromatic carbocycles. The van der Waals surface area contributed by atoms with E-state index in [0.29, 0.717) is 12.8 Å². The Balaban J connectivity index is 2.18. The first-order valence-corrected chi connectivity index (χ1v) is 6.24. The molecule has 1 aromatic rings. The molecular weight excluding hydrogens is 250 g/mol. The Morgan fingerprint density at radius 1 is 1.16 bits per heavy atom. The van der Waals surface area contributed by atoms with Gasteiger partial charge in [0, 0.05) is 11.8 Å². The van der Waals surface area contributed by atoms with Crippen LogP contribution < -0.4 is 5.32 Å². The van der Waals surface area contributed by atoms with Crippen LogP contribution in [0.5, 0.6) is 0 Å². The van der Waals surface area contributed by atoms with Crippen LogP contribution in [0.2, 0.25) is 0 Å². The highest BCUT2D eigenvalue weighted by Crippen LogP contribution is 2.36. The van der Waals surface area contributed by atoms with Crippen LogP contribution in [-0.4, -0.2) is 5.91 Å². The zero-order valence-corrected chi connectivity index (χ0v) is 10.4. The van der Waals surface area contributed by atoms with E-state index < -0.39 is 23.0 Å². The maximum Gasteiger partial charge on any atom is 0.244 e. The normalized spacial score (nSPS) is 17.5. The smallest absolute Gasteiger partial charge is 0.244 e. The van der Waals surface area contributed by atoms with Crippen LogP contribution in [0, 0.1) is 28.4 Å². The zero-order valence-electron chi connectivity index (χ0n) is 10.4. The number of nitrogens with zero attached hydrogens (tertiary/aromatic N) is 1. The van der Waals surface area contributed by atoms with Crippen molar-refractivity contribution in [1.29, 1.82) is 5.26 Å². The third-order valence-corrected chi connectivity index (χ3v) is 3.48. The molecule has 0 atom stereocenters. The van der Waals surface area contributed by atoms with Crippen molar-refractivity contribution in [2.24, 2.45) is 5.41 Å². The van der Waals surface area contributed by atoms with Crippen LogP contribution in [-0.2, 0) is 4.79 Å². The molecule has 0 aliphatic heterocycles. The van der Waals surface area contributed by atoms with Gasteiger partial charge in [-0.25, -0.2) is 8.78 Å². The first-order chi connectivity index (χ1) is 9.05. The van der Waals surface area contributed by atoms with Crippen LogP contribution in [0.15, 0.2) is 18.2 Å². The van der Waals surface area contributed by atoms with Gasteiger partial charge >= 0.3 is 0 Å². The van der Waals surface area contributed by atoms with E-state index in [9.17, 15) is 18.8 Å². The van der Waals surface area contributed by atoms with Gasteiger partial charge in [0.1, 0.15) is 17.0 Å². The summed E-state index contributed by atoms with van der Waals surface area (Å²) in [5, 5.41) is 11.7. The van der Waals surface area contributed by atoms with Crippen molar-refractivity contribution in [3.8, 4) is 6.07 Å². The quantitative estimate of drug-likeness (QED) is 0.890. The van der Waals surface area contributed by atoms with E-state index >= 15 is 0 Å². The van der Waals surface area contributed by atoms with E-state index in [0.717, 1.165) is 37.5 Å². The lowest BCUT2D eigenvalue weighted by atomic mass is 9.74. The number of nitrogens with one attached hydrogen (secondary N) is 1. The summed E-state index contributed by atoms with van der Waals surface area (Å²) in [5.74, 6) is -1.99. The number of benzene rings is 1. The van der Waals surface area contributed by atoms with Crippen molar-refractivity contribution < 1.29 is 13.6 Å². The summed E-state index contributed by atoms with van der Waals surface area (Å²) in [6.45, 7) is 0. The fourth-order valence-electron chi connectivity index (χ4n) is 2.42. The molecule has 0 bridgehead atoms. The van der Waals surface area contributed by atoms with E-state index in [4.69, 9.17) is 0 Å². The molecule has 1 fully saturated rings. The fourth-order valence-corrected chi connectivity index (χ4v) is 2.42. The van der Waals surface area contributed by atoms with Crippen molar-refractivity contribution in [2.45, 2.75) is 32.1 Å². The van der Waals surface area contributed by atoms with Crippen molar-refractivity contribution in [3.05, 3.63) is 29.8 Å². The number of carbonyl (C=O) groups is 1. The number of carbonyl (C=O) groups excluding carboxylic acids is 1. The number of nitriles is 1. The van der Waals surface area contributed by atoms with Crippen molar-refractivity contribution in [2.75, 3.05) is 5.32 Å². The summed E-state index contributed by atoms with van der Waals surface area (Å²) in [6.07, 6.45) is 3.63. The molecule has 19 heavy (non-hydrogen) atoms. The maximum absolute atomic E-state index is 13.0. The van der Waals surface area contributed by atoms with Gasteiger partial charge < -0.3 is 5.32 Å². The number of rotatable bonds is 2. The second-order valence-corrected chi connectivity index (χ2v) is 4.87. The summed E-state index contributed by atoms with van der Waals surface area (Å²) in [4.78, 5) is 12.2. The van der Waals surface area contributed by atoms with E-state index in [1.165, 1.54) is 0 Å². The molecule has 1 aliphatic carbocycles. The van der Waals surface area contributed by atoms with E-state index in [1.54, 1.807) is 0 Å². The van der Waals surface area contributed by atoms with Crippen molar-refractivity contribution in [3.63, 3.8) is 0 Å². The molecule has 100 valence electrons. The van der Waals surface area contributed by atoms with Gasteiger partial charge in [0.2, 0.25) is 5.91 Å². The van der Waals surface area contributed by atoms with Gasteiger partial charge in [-0.1, -0.05) is 19.3 Å². The molecule has 1 aliphatic rings. The molecule has 3 nitrogen and oxygen atoms in total. The number of halogens is 2. The Morgan fingerprint density at radius 2 is 1.74 bits per heavy atom. The Morgan fingerprint density at radius 3 is 2.26 bits per heavy atom. The number of amides is 1. The molecule has 0 unspecified atom stereocenters. The SMILES string of the molecule is N#CC1(C(=O)Nc2cc(F)cc(F)c2)CCCCC1. The average Bonchev–Trinajstić information content (AvgIpc) is 2.38. The molecule has 1 saturated carbocycles. The molecule has 2 rings (SSSR count). The average molecular weight is 264 g/mol. The van der Waals surface area contributed by atoms with Gasteiger partial charge in [-0.2, -0.15) is 5.26 Å². The van der Waals surface area contributed by atoms with E-state index in [2.05, 4.69) is 11.4 Å². The fraction of sp³-hybridized carbons (Fsp3) is 0.429. The second kappa shape index (κ2) is 5.35. The molecule has 5 heteroatoms. The lowest BCUT2D eigenvalue weighted by Crippen LogP contribution is -2.36. The van der Waals surface area contributed by atoms with E-state index in [1.807, 2.05) is 0 Å². The van der Waals surface area contributed by atoms with Gasteiger partial charge in [0.25, 0.3) is 0 Å². The topological polar surface area (TPSA) is 52.9 Å². The molecule has 0 saturated heterocycles. The van der Waals surface area contributed by atoms with Crippen molar-refractivity contribution in [1.82, 2.24) is 0 Å². The van der Waals surface area contributed by atoms with Gasteiger partial charge in [-0.15, -0.1) is 0 Å². The number of hydrogen-bond donors (Lipinski definition) is 1. The van der Waals surface area contributed by atoms with Crippen LogP contribution >= 0.6 is 0 Å². The summed E-state index contributed by atoms with van der Waals surface area (Å²) in [5.41, 5.74) is -1.02. The first kappa shape index (κ1) is 13.5. The minimum Gasteiger partial charge on any atom is -0.324 e. The highest BCUT2D eigenvalue weighted by atomic mass is 19.1. The van der Waals surface area contributed by atoms with Crippen molar-refractivity contribution >= 4 is 11.6 Å². The predicted molar refractivity (Wildman–Crippen MR) is 66.1 cm³/mol. The van der Waals surface area contributed by atoms with Crippen LogP contribution in [0.3, 0.4) is 0 Å². The summed E-state index contributed by atoms with van der Waals surface area (Å²) >= 11 is 0. The highest BCUT2D eigenvalue weighted by Gasteiger charge is 2.39. The Hall–Kier alpha value is -1.96. The zero-order chi connectivity index (χ0) is 13.9. The van der Waals surface area contributed by atoms with Crippen LogP contribution in [0.25, 0.3) is 0 Å². The maximum atomic E-state index is 13.0. The Labute approximate surface area is 110 Å². The van der Waals surface area contributed by atoms with Crippen LogP contribution in [0.1, 0.15) is 32.1 Å². The standard InChI is InChI=1S/C14H14F2N2O/c15-10-6-11(16)8-12(7-10)18-13(19)14(9-17)4-2-1-3-5-14/h6-8H,1-5H2,(H,18,19). The molecule has 0 heterocycles. The largest absolute Gasteiger partial charge is 0.324 e.